The van der Waals surface area contributed by atoms with Gasteiger partial charge in [0.05, 0.1) is 5.92 Å². The first-order valence-corrected chi connectivity index (χ1v) is 23.8. The largest absolute Gasteiger partial charge is 0.481 e. The molecule has 0 rings (SSSR count). The van der Waals surface area contributed by atoms with Crippen LogP contribution in [0.5, 0.6) is 0 Å². The van der Waals surface area contributed by atoms with E-state index in [1.165, 1.54) is 244 Å². The van der Waals surface area contributed by atoms with E-state index in [0.29, 0.717) is 0 Å². The smallest absolute Gasteiger partial charge is 0.306 e. The van der Waals surface area contributed by atoms with Crippen LogP contribution in [0.15, 0.2) is 0 Å². The van der Waals surface area contributed by atoms with Gasteiger partial charge in [0.1, 0.15) is 0 Å². The van der Waals surface area contributed by atoms with E-state index in [1.807, 2.05) is 0 Å². The minimum absolute atomic E-state index is 0.101. The Bertz CT molecular complexity index is 628. The van der Waals surface area contributed by atoms with Crippen molar-refractivity contribution < 1.29 is 9.90 Å². The fourth-order valence-electron chi connectivity index (χ4n) is 7.99. The number of hydrogen-bond donors (Lipinski definition) is 1. The van der Waals surface area contributed by atoms with E-state index in [1.54, 1.807) is 0 Å². The summed E-state index contributed by atoms with van der Waals surface area (Å²) < 4.78 is 0. The lowest BCUT2D eigenvalue weighted by Gasteiger charge is -2.12. The standard InChI is InChI=1S/C48H96O2/c1-4-5-6-7-8-9-10-11-26-29-32-35-38-41-44-47(48(49)50)45-42-39-36-33-30-27-24-22-20-18-16-14-12-13-15-17-19-21-23-25-28-31-34-37-40-43-46(2)3/h46-47H,4-45H2,1-3H3,(H,49,50). The van der Waals surface area contributed by atoms with E-state index < -0.39 is 5.97 Å². The van der Waals surface area contributed by atoms with E-state index in [4.69, 9.17) is 0 Å². The highest BCUT2D eigenvalue weighted by molar-refractivity contribution is 5.69. The van der Waals surface area contributed by atoms with Crippen molar-refractivity contribution in [3.05, 3.63) is 0 Å². The average Bonchev–Trinajstić information content (AvgIpc) is 3.10. The van der Waals surface area contributed by atoms with Crippen LogP contribution in [0, 0.1) is 11.8 Å². The quantitative estimate of drug-likeness (QED) is 0.0641. The molecule has 0 saturated heterocycles. The summed E-state index contributed by atoms with van der Waals surface area (Å²) in [6, 6.07) is 0. The molecule has 1 atom stereocenters. The van der Waals surface area contributed by atoms with E-state index in [-0.39, 0.29) is 5.92 Å². The lowest BCUT2D eigenvalue weighted by Crippen LogP contribution is -2.13. The van der Waals surface area contributed by atoms with Gasteiger partial charge in [-0.25, -0.2) is 0 Å². The normalized spacial score (nSPS) is 12.3. The highest BCUT2D eigenvalue weighted by atomic mass is 16.4. The van der Waals surface area contributed by atoms with Crippen LogP contribution in [-0.4, -0.2) is 11.1 Å². The third-order valence-electron chi connectivity index (χ3n) is 11.6. The Kier molecular flexibility index (Phi) is 42.4. The van der Waals surface area contributed by atoms with E-state index in [2.05, 4.69) is 20.8 Å². The van der Waals surface area contributed by atoms with Gasteiger partial charge in [-0.3, -0.25) is 4.79 Å². The number of aliphatic carboxylic acids is 1. The van der Waals surface area contributed by atoms with Crippen LogP contribution in [0.25, 0.3) is 0 Å². The Labute approximate surface area is 317 Å². The van der Waals surface area contributed by atoms with Crippen LogP contribution in [0.4, 0.5) is 0 Å². The molecule has 1 unspecified atom stereocenters. The summed E-state index contributed by atoms with van der Waals surface area (Å²) in [6.45, 7) is 6.98. The molecule has 2 nitrogen and oxygen atoms in total. The molecule has 0 saturated carbocycles. The zero-order valence-corrected chi connectivity index (χ0v) is 35.2. The van der Waals surface area contributed by atoms with Gasteiger partial charge in [0.15, 0.2) is 0 Å². The van der Waals surface area contributed by atoms with Gasteiger partial charge >= 0.3 is 5.97 Å². The van der Waals surface area contributed by atoms with Crippen LogP contribution < -0.4 is 0 Å². The van der Waals surface area contributed by atoms with Crippen LogP contribution in [0.2, 0.25) is 0 Å². The fourth-order valence-corrected chi connectivity index (χ4v) is 7.99. The molecule has 0 aromatic carbocycles. The molecule has 0 heterocycles. The molecule has 0 aliphatic carbocycles. The lowest BCUT2D eigenvalue weighted by molar-refractivity contribution is -0.142. The maximum Gasteiger partial charge on any atom is 0.306 e. The van der Waals surface area contributed by atoms with Crippen LogP contribution >= 0.6 is 0 Å². The number of carbonyl (C=O) groups is 1. The first-order valence-electron chi connectivity index (χ1n) is 23.8. The molecule has 0 radical (unpaired) electrons. The number of hydrogen-bond acceptors (Lipinski definition) is 1. The molecule has 0 bridgehead atoms. The fraction of sp³-hybridized carbons (Fsp3) is 0.979. The molecule has 300 valence electrons. The topological polar surface area (TPSA) is 37.3 Å². The number of rotatable bonds is 44. The first kappa shape index (κ1) is 49.5. The van der Waals surface area contributed by atoms with Crippen LogP contribution in [0.1, 0.15) is 290 Å². The van der Waals surface area contributed by atoms with Crippen molar-refractivity contribution in [2.75, 3.05) is 0 Å². The summed E-state index contributed by atoms with van der Waals surface area (Å²) in [5, 5.41) is 9.68. The minimum atomic E-state index is -0.552. The van der Waals surface area contributed by atoms with Crippen molar-refractivity contribution in [2.24, 2.45) is 11.8 Å². The lowest BCUT2D eigenvalue weighted by atomic mass is 9.94. The Morgan fingerprint density at radius 1 is 0.320 bits per heavy atom. The number of carboxylic acids is 1. The number of unbranched alkanes of at least 4 members (excludes halogenated alkanes) is 37. The van der Waals surface area contributed by atoms with Gasteiger partial charge in [0.2, 0.25) is 0 Å². The minimum Gasteiger partial charge on any atom is -0.481 e. The Hall–Kier alpha value is -0.530. The predicted molar refractivity (Wildman–Crippen MR) is 226 cm³/mol. The van der Waals surface area contributed by atoms with Gasteiger partial charge < -0.3 is 5.11 Å². The summed E-state index contributed by atoms with van der Waals surface area (Å²) in [7, 11) is 0. The first-order chi connectivity index (χ1) is 24.6. The molecular formula is C48H96O2. The molecule has 0 aromatic rings. The summed E-state index contributed by atoms with van der Waals surface area (Å²) in [5.74, 6) is 0.232. The predicted octanol–water partition coefficient (Wildman–Crippen LogP) is 17.7. The van der Waals surface area contributed by atoms with Gasteiger partial charge in [-0.15, -0.1) is 0 Å². The molecule has 50 heavy (non-hydrogen) atoms. The van der Waals surface area contributed by atoms with E-state index in [0.717, 1.165) is 31.6 Å². The molecule has 0 aromatic heterocycles. The summed E-state index contributed by atoms with van der Waals surface area (Å²) in [6.07, 6.45) is 57.7. The molecular weight excluding hydrogens is 609 g/mol. The molecule has 0 fully saturated rings. The molecule has 0 aliphatic heterocycles. The second-order valence-corrected chi connectivity index (χ2v) is 17.2. The zero-order valence-electron chi connectivity index (χ0n) is 35.2. The van der Waals surface area contributed by atoms with Crippen molar-refractivity contribution in [2.45, 2.75) is 290 Å². The van der Waals surface area contributed by atoms with Crippen LogP contribution in [-0.2, 0) is 4.79 Å². The maximum absolute atomic E-state index is 11.7. The number of carboxylic acid groups (broad SMARTS) is 1. The third-order valence-corrected chi connectivity index (χ3v) is 11.6. The zero-order chi connectivity index (χ0) is 36.4. The van der Waals surface area contributed by atoms with Crippen molar-refractivity contribution in [3.8, 4) is 0 Å². The van der Waals surface area contributed by atoms with Gasteiger partial charge in [-0.1, -0.05) is 278 Å². The Morgan fingerprint density at radius 2 is 0.500 bits per heavy atom. The van der Waals surface area contributed by atoms with Gasteiger partial charge in [0.25, 0.3) is 0 Å². The molecule has 0 aliphatic rings. The van der Waals surface area contributed by atoms with Gasteiger partial charge in [-0.2, -0.15) is 0 Å². The molecule has 0 spiro atoms. The van der Waals surface area contributed by atoms with Gasteiger partial charge in [0, 0.05) is 0 Å². The second-order valence-electron chi connectivity index (χ2n) is 17.2. The third kappa shape index (κ3) is 41.9. The highest BCUT2D eigenvalue weighted by Crippen LogP contribution is 2.21. The van der Waals surface area contributed by atoms with Crippen molar-refractivity contribution in [3.63, 3.8) is 0 Å². The molecule has 0 amide bonds. The van der Waals surface area contributed by atoms with E-state index >= 15 is 0 Å². The van der Waals surface area contributed by atoms with Crippen molar-refractivity contribution in [1.82, 2.24) is 0 Å². The maximum atomic E-state index is 11.7. The summed E-state index contributed by atoms with van der Waals surface area (Å²) in [4.78, 5) is 11.7. The monoisotopic (exact) mass is 705 g/mol. The van der Waals surface area contributed by atoms with E-state index in [9.17, 15) is 9.90 Å². The van der Waals surface area contributed by atoms with Crippen molar-refractivity contribution in [1.29, 1.82) is 0 Å². The Balaban J connectivity index is 3.30. The summed E-state index contributed by atoms with van der Waals surface area (Å²) >= 11 is 0. The molecule has 1 N–H and O–H groups in total. The Morgan fingerprint density at radius 3 is 0.680 bits per heavy atom. The highest BCUT2D eigenvalue weighted by Gasteiger charge is 2.16. The summed E-state index contributed by atoms with van der Waals surface area (Å²) in [5.41, 5.74) is 0. The average molecular weight is 705 g/mol. The molecule has 2 heteroatoms. The van der Waals surface area contributed by atoms with Crippen LogP contribution in [0.3, 0.4) is 0 Å². The SMILES string of the molecule is CCCCCCCCCCCCCCCCC(CCCCCCCCCCCCCCCCCCCCCCCCCCCC(C)C)C(=O)O. The van der Waals surface area contributed by atoms with Crippen molar-refractivity contribution >= 4 is 5.97 Å². The van der Waals surface area contributed by atoms with Gasteiger partial charge in [-0.05, 0) is 18.8 Å². The second kappa shape index (κ2) is 42.9.